The molecule has 2 aromatic rings. The molecule has 1 aromatic carbocycles. The van der Waals surface area contributed by atoms with Crippen LogP contribution in [0, 0.1) is 17.8 Å². The normalized spacial score (nSPS) is 18.2. The zero-order valence-corrected chi connectivity index (χ0v) is 39.2. The number of carboxylic acids is 1. The third-order valence-electron chi connectivity index (χ3n) is 12.2. The SMILES string of the molecule is CC[C@H](C)[C@H](NC(=O)[C@H]1CCCCN1C)C(=O)N(C)[C@H](C[C@@H](OC(C)=O)c1nc(C(=O)N[C@@H](Cc2ccc(O)c(NCCCCN3C(=O)C=CC3=O)c2)CC(C)C(=O)O)cs1)C(C)C. The van der Waals surface area contributed by atoms with Crippen LogP contribution in [0.3, 0.4) is 0 Å². The first-order valence-corrected chi connectivity index (χ1v) is 23.2. The first-order chi connectivity index (χ1) is 30.3. The number of hydrogen-bond acceptors (Lipinski definition) is 13. The van der Waals surface area contributed by atoms with Crippen molar-refractivity contribution in [2.75, 3.05) is 39.0 Å². The molecule has 1 fully saturated rings. The fourth-order valence-corrected chi connectivity index (χ4v) is 8.98. The van der Waals surface area contributed by atoms with Crippen LogP contribution in [0.4, 0.5) is 5.69 Å². The molecule has 1 unspecified atom stereocenters. The van der Waals surface area contributed by atoms with Crippen LogP contribution in [0.15, 0.2) is 35.7 Å². The van der Waals surface area contributed by atoms with Crippen molar-refractivity contribution in [3.63, 3.8) is 0 Å². The van der Waals surface area contributed by atoms with Crippen LogP contribution in [-0.4, -0.2) is 129 Å². The van der Waals surface area contributed by atoms with Gasteiger partial charge in [0, 0.05) is 63.1 Å². The van der Waals surface area contributed by atoms with Gasteiger partial charge in [0.15, 0.2) is 6.10 Å². The van der Waals surface area contributed by atoms with Gasteiger partial charge < -0.3 is 35.8 Å². The lowest BCUT2D eigenvalue weighted by Crippen LogP contribution is -2.58. The number of nitrogens with zero attached hydrogens (tertiary/aromatic N) is 4. The van der Waals surface area contributed by atoms with E-state index in [2.05, 4.69) is 20.9 Å². The van der Waals surface area contributed by atoms with Crippen LogP contribution in [0.2, 0.25) is 0 Å². The number of likely N-dealkylation sites (tertiary alicyclic amines) is 1. The molecular formula is C46H67N7O10S. The fraction of sp³-hybridized carbons (Fsp3) is 0.609. The van der Waals surface area contributed by atoms with Crippen molar-refractivity contribution in [3.05, 3.63) is 52.0 Å². The molecule has 0 spiro atoms. The minimum absolute atomic E-state index is 0.00487. The lowest BCUT2D eigenvalue weighted by atomic mass is 9.92. The average molecular weight is 910 g/mol. The van der Waals surface area contributed by atoms with Gasteiger partial charge in [0.2, 0.25) is 11.8 Å². The zero-order chi connectivity index (χ0) is 47.2. The Bertz CT molecular complexity index is 1990. The number of nitrogens with one attached hydrogen (secondary N) is 3. The van der Waals surface area contributed by atoms with Crippen LogP contribution in [0.1, 0.15) is 120 Å². The number of carbonyl (C=O) groups is 7. The van der Waals surface area contributed by atoms with Crippen LogP contribution >= 0.6 is 11.3 Å². The molecule has 3 heterocycles. The van der Waals surface area contributed by atoms with E-state index in [1.807, 2.05) is 39.6 Å². The molecule has 7 atom stereocenters. The molecule has 0 bridgehead atoms. The number of amides is 5. The first-order valence-electron chi connectivity index (χ1n) is 22.3. The summed E-state index contributed by atoms with van der Waals surface area (Å²) in [5.41, 5.74) is 1.19. The van der Waals surface area contributed by atoms with Gasteiger partial charge in [-0.1, -0.05) is 53.5 Å². The highest BCUT2D eigenvalue weighted by atomic mass is 32.1. The van der Waals surface area contributed by atoms with E-state index in [9.17, 15) is 43.8 Å². The number of thiazole rings is 1. The molecule has 5 N–H and O–H groups in total. The number of aliphatic carboxylic acids is 1. The lowest BCUT2D eigenvalue weighted by molar-refractivity contribution is -0.149. The van der Waals surface area contributed by atoms with E-state index in [0.29, 0.717) is 42.1 Å². The second-order valence-electron chi connectivity index (χ2n) is 17.5. The summed E-state index contributed by atoms with van der Waals surface area (Å²) < 4.78 is 5.80. The maximum Gasteiger partial charge on any atom is 0.306 e. The molecule has 64 heavy (non-hydrogen) atoms. The van der Waals surface area contributed by atoms with Crippen LogP contribution < -0.4 is 16.0 Å². The predicted octanol–water partition coefficient (Wildman–Crippen LogP) is 4.91. The number of benzene rings is 1. The van der Waals surface area contributed by atoms with Crippen molar-refractivity contribution in [1.29, 1.82) is 0 Å². The topological polar surface area (TPSA) is 228 Å². The number of aromatic nitrogens is 1. The summed E-state index contributed by atoms with van der Waals surface area (Å²) in [4.78, 5) is 99.1. The number of esters is 1. The van der Waals surface area contributed by atoms with Gasteiger partial charge in [-0.3, -0.25) is 43.4 Å². The Hall–Kier alpha value is -5.36. The maximum atomic E-state index is 14.3. The maximum absolute atomic E-state index is 14.3. The Morgan fingerprint density at radius 2 is 1.72 bits per heavy atom. The molecule has 0 aliphatic carbocycles. The Balaban J connectivity index is 1.47. The number of ether oxygens (including phenoxy) is 1. The molecule has 352 valence electrons. The number of unbranched alkanes of at least 4 members (excludes halogenated alkanes) is 1. The van der Waals surface area contributed by atoms with E-state index in [4.69, 9.17) is 4.74 Å². The number of carboxylic acid groups (broad SMARTS) is 1. The molecular weight excluding hydrogens is 843 g/mol. The summed E-state index contributed by atoms with van der Waals surface area (Å²) >= 11 is 1.13. The summed E-state index contributed by atoms with van der Waals surface area (Å²) in [6, 6.07) is 2.75. The Labute approximate surface area is 380 Å². The van der Waals surface area contributed by atoms with E-state index in [1.54, 1.807) is 36.4 Å². The second-order valence-corrected chi connectivity index (χ2v) is 18.4. The van der Waals surface area contributed by atoms with E-state index >= 15 is 0 Å². The Morgan fingerprint density at radius 1 is 1.02 bits per heavy atom. The fourth-order valence-electron chi connectivity index (χ4n) is 8.14. The van der Waals surface area contributed by atoms with Gasteiger partial charge in [0.05, 0.1) is 17.6 Å². The summed E-state index contributed by atoms with van der Waals surface area (Å²) in [6.45, 7) is 12.2. The van der Waals surface area contributed by atoms with Crippen molar-refractivity contribution in [3.8, 4) is 5.75 Å². The summed E-state index contributed by atoms with van der Waals surface area (Å²) in [6.07, 6.45) is 6.58. The Morgan fingerprint density at radius 3 is 2.34 bits per heavy atom. The number of imide groups is 1. The van der Waals surface area contributed by atoms with Gasteiger partial charge in [-0.15, -0.1) is 11.3 Å². The number of rotatable bonds is 24. The van der Waals surface area contributed by atoms with Gasteiger partial charge >= 0.3 is 11.9 Å². The molecule has 2 aliphatic rings. The second kappa shape index (κ2) is 24.1. The number of likely N-dealkylation sites (N-methyl/N-ethyl adjacent to an activating group) is 2. The summed E-state index contributed by atoms with van der Waals surface area (Å²) in [5.74, 6) is -4.31. The number of aromatic hydroxyl groups is 1. The average Bonchev–Trinajstić information content (AvgIpc) is 3.87. The highest BCUT2D eigenvalue weighted by Crippen LogP contribution is 2.32. The predicted molar refractivity (Wildman–Crippen MR) is 242 cm³/mol. The van der Waals surface area contributed by atoms with Crippen molar-refractivity contribution in [2.45, 2.75) is 130 Å². The Kier molecular flexibility index (Phi) is 19.3. The van der Waals surface area contributed by atoms with Gasteiger partial charge in [-0.2, -0.15) is 0 Å². The molecule has 1 aromatic heterocycles. The van der Waals surface area contributed by atoms with Gasteiger partial charge in [-0.05, 0) is 81.6 Å². The number of carbonyl (C=O) groups excluding carboxylic acids is 6. The van der Waals surface area contributed by atoms with Gasteiger partial charge in [-0.25, -0.2) is 4.98 Å². The van der Waals surface area contributed by atoms with Crippen molar-refractivity contribution in [1.82, 2.24) is 30.3 Å². The van der Waals surface area contributed by atoms with E-state index in [1.165, 1.54) is 30.0 Å². The van der Waals surface area contributed by atoms with Gasteiger partial charge in [0.1, 0.15) is 22.5 Å². The lowest BCUT2D eigenvalue weighted by Gasteiger charge is -2.38. The van der Waals surface area contributed by atoms with E-state index in [-0.39, 0.29) is 78.8 Å². The third kappa shape index (κ3) is 14.3. The van der Waals surface area contributed by atoms with Crippen molar-refractivity contribution < 1.29 is 48.5 Å². The van der Waals surface area contributed by atoms with Gasteiger partial charge in [0.25, 0.3) is 17.7 Å². The number of anilines is 1. The van der Waals surface area contributed by atoms with Crippen molar-refractivity contribution in [2.24, 2.45) is 17.8 Å². The highest BCUT2D eigenvalue weighted by Gasteiger charge is 2.37. The standard InChI is InChI=1S/C46H67N7O10S/c1-9-28(4)41(50-43(59)35-14-10-12-20-51(35)7)45(60)52(8)36(27(2)3)25-38(63-30(6)54)44-49-34(26-64-44)42(58)48-32(22-29(5)46(61)62)23-31-15-16-37(55)33(24-31)47-19-11-13-21-53-39(56)17-18-40(53)57/h15-18,24,26-29,32,35-36,38,41,47,55H,9-14,19-23,25H2,1-8H3,(H,48,58)(H,50,59)(H,61,62)/t28-,29?,32+,35+,36+,38+,41-/m0/s1. The molecule has 17 nitrogen and oxygen atoms in total. The highest BCUT2D eigenvalue weighted by molar-refractivity contribution is 7.09. The number of phenolic OH excluding ortho intramolecular Hbond substituents is 1. The molecule has 0 radical (unpaired) electrons. The van der Waals surface area contributed by atoms with Crippen LogP contribution in [0.5, 0.6) is 5.75 Å². The number of hydrogen-bond donors (Lipinski definition) is 5. The minimum atomic E-state index is -1.03. The monoisotopic (exact) mass is 909 g/mol. The zero-order valence-electron chi connectivity index (χ0n) is 38.4. The van der Waals surface area contributed by atoms with Crippen molar-refractivity contribution >= 4 is 58.5 Å². The summed E-state index contributed by atoms with van der Waals surface area (Å²) in [7, 11) is 3.62. The molecule has 18 heteroatoms. The first kappa shape index (κ1) is 51.3. The minimum Gasteiger partial charge on any atom is -0.506 e. The van der Waals surface area contributed by atoms with Crippen LogP contribution in [-0.2, 0) is 39.9 Å². The molecule has 4 rings (SSSR count). The number of piperidine rings is 1. The molecule has 0 saturated carbocycles. The van der Waals surface area contributed by atoms with E-state index in [0.717, 1.165) is 37.1 Å². The number of phenols is 1. The molecule has 1 saturated heterocycles. The molecule has 5 amide bonds. The molecule has 2 aliphatic heterocycles. The smallest absolute Gasteiger partial charge is 0.306 e. The van der Waals surface area contributed by atoms with E-state index < -0.39 is 48.0 Å². The quantitative estimate of drug-likeness (QED) is 0.0409. The largest absolute Gasteiger partial charge is 0.506 e. The van der Waals surface area contributed by atoms with Crippen LogP contribution in [0.25, 0.3) is 0 Å². The third-order valence-corrected chi connectivity index (χ3v) is 13.2. The summed E-state index contributed by atoms with van der Waals surface area (Å²) in [5, 5.41) is 31.4.